The van der Waals surface area contributed by atoms with E-state index in [0.717, 1.165) is 6.42 Å². The molecule has 1 fully saturated rings. The molecule has 3 rings (SSSR count). The van der Waals surface area contributed by atoms with Gasteiger partial charge in [-0.15, -0.1) is 0 Å². The summed E-state index contributed by atoms with van der Waals surface area (Å²) in [5, 5.41) is 0.321. The van der Waals surface area contributed by atoms with Gasteiger partial charge in [-0.05, 0) is 25.0 Å². The zero-order valence-electron chi connectivity index (χ0n) is 11.4. The standard InChI is InChI=1S/C14H14ClNO5/c1-19-14(18)10-3-2-4-16(10)13(17)8-5-9(15)12-11(6-8)20-7-21-12/h5-6,10H,2-4,7H2,1H3. The number of fused-ring (bicyclic) bond motifs is 1. The molecule has 0 radical (unpaired) electrons. The van der Waals surface area contributed by atoms with Crippen LogP contribution in [0.15, 0.2) is 12.1 Å². The Balaban J connectivity index is 1.88. The number of likely N-dealkylation sites (tertiary alicyclic amines) is 1. The van der Waals surface area contributed by atoms with E-state index in [1.54, 1.807) is 6.07 Å². The van der Waals surface area contributed by atoms with Crippen LogP contribution in [-0.2, 0) is 9.53 Å². The number of rotatable bonds is 2. The first-order chi connectivity index (χ1) is 10.1. The van der Waals surface area contributed by atoms with E-state index in [9.17, 15) is 9.59 Å². The van der Waals surface area contributed by atoms with Gasteiger partial charge in [0.05, 0.1) is 12.1 Å². The number of nitrogens with zero attached hydrogens (tertiary/aromatic N) is 1. The topological polar surface area (TPSA) is 65.1 Å². The minimum atomic E-state index is -0.535. The molecule has 0 saturated carbocycles. The highest BCUT2D eigenvalue weighted by molar-refractivity contribution is 6.32. The van der Waals surface area contributed by atoms with Crippen LogP contribution in [0.3, 0.4) is 0 Å². The highest BCUT2D eigenvalue weighted by Gasteiger charge is 2.36. The van der Waals surface area contributed by atoms with Crippen LogP contribution in [0.5, 0.6) is 11.5 Å². The van der Waals surface area contributed by atoms with Gasteiger partial charge < -0.3 is 19.1 Å². The Morgan fingerprint density at radius 1 is 1.38 bits per heavy atom. The molecule has 112 valence electrons. The first kappa shape index (κ1) is 14.0. The summed E-state index contributed by atoms with van der Waals surface area (Å²) in [5.74, 6) is 0.231. The van der Waals surface area contributed by atoms with E-state index in [1.165, 1.54) is 18.1 Å². The van der Waals surface area contributed by atoms with E-state index in [-0.39, 0.29) is 12.7 Å². The van der Waals surface area contributed by atoms with Gasteiger partial charge in [-0.3, -0.25) is 4.79 Å². The summed E-state index contributed by atoms with van der Waals surface area (Å²) in [6.07, 6.45) is 1.38. The number of benzene rings is 1. The molecule has 2 aliphatic rings. The normalized spacial score (nSPS) is 19.7. The van der Waals surface area contributed by atoms with Crippen molar-refractivity contribution in [3.05, 3.63) is 22.7 Å². The zero-order chi connectivity index (χ0) is 15.0. The van der Waals surface area contributed by atoms with Crippen LogP contribution in [0.2, 0.25) is 5.02 Å². The molecular formula is C14H14ClNO5. The van der Waals surface area contributed by atoms with Crippen molar-refractivity contribution in [2.75, 3.05) is 20.4 Å². The van der Waals surface area contributed by atoms with Crippen LogP contribution >= 0.6 is 11.6 Å². The average Bonchev–Trinajstić information content (AvgIpc) is 3.14. The zero-order valence-corrected chi connectivity index (χ0v) is 12.2. The van der Waals surface area contributed by atoms with Crippen molar-refractivity contribution in [1.82, 2.24) is 4.90 Å². The lowest BCUT2D eigenvalue weighted by atomic mass is 10.1. The monoisotopic (exact) mass is 311 g/mol. The fourth-order valence-electron chi connectivity index (χ4n) is 2.65. The molecule has 21 heavy (non-hydrogen) atoms. The Morgan fingerprint density at radius 2 is 2.19 bits per heavy atom. The van der Waals surface area contributed by atoms with Gasteiger partial charge in [-0.1, -0.05) is 11.6 Å². The SMILES string of the molecule is COC(=O)C1CCCN1C(=O)c1cc(Cl)c2c(c1)OCO2. The Hall–Kier alpha value is -1.95. The van der Waals surface area contributed by atoms with Crippen LogP contribution in [0.4, 0.5) is 0 Å². The second-order valence-corrected chi connectivity index (χ2v) is 5.28. The van der Waals surface area contributed by atoms with Gasteiger partial charge in [0.1, 0.15) is 6.04 Å². The smallest absolute Gasteiger partial charge is 0.328 e. The average molecular weight is 312 g/mol. The minimum absolute atomic E-state index is 0.0845. The lowest BCUT2D eigenvalue weighted by Crippen LogP contribution is -2.41. The van der Waals surface area contributed by atoms with Gasteiger partial charge >= 0.3 is 5.97 Å². The fraction of sp³-hybridized carbons (Fsp3) is 0.429. The Labute approximate surface area is 126 Å². The van der Waals surface area contributed by atoms with Gasteiger partial charge in [0, 0.05) is 12.1 Å². The lowest BCUT2D eigenvalue weighted by Gasteiger charge is -2.22. The first-order valence-corrected chi connectivity index (χ1v) is 6.97. The van der Waals surface area contributed by atoms with Gasteiger partial charge in [0.15, 0.2) is 11.5 Å². The number of hydrogen-bond acceptors (Lipinski definition) is 5. The van der Waals surface area contributed by atoms with E-state index in [4.69, 9.17) is 25.8 Å². The van der Waals surface area contributed by atoms with Gasteiger partial charge in [0.2, 0.25) is 6.79 Å². The second-order valence-electron chi connectivity index (χ2n) is 4.87. The molecule has 1 saturated heterocycles. The molecule has 0 spiro atoms. The molecule has 0 aromatic heterocycles. The highest BCUT2D eigenvalue weighted by atomic mass is 35.5. The van der Waals surface area contributed by atoms with Crippen LogP contribution < -0.4 is 9.47 Å². The molecule has 1 amide bonds. The number of hydrogen-bond donors (Lipinski definition) is 0. The van der Waals surface area contributed by atoms with Crippen LogP contribution in [0, 0.1) is 0 Å². The molecule has 0 aliphatic carbocycles. The number of halogens is 1. The van der Waals surface area contributed by atoms with Crippen molar-refractivity contribution < 1.29 is 23.8 Å². The number of carbonyl (C=O) groups is 2. The van der Waals surface area contributed by atoms with Crippen LogP contribution in [-0.4, -0.2) is 43.3 Å². The van der Waals surface area contributed by atoms with Crippen molar-refractivity contribution in [3.8, 4) is 11.5 Å². The van der Waals surface area contributed by atoms with Crippen LogP contribution in [0.1, 0.15) is 23.2 Å². The third-order valence-electron chi connectivity index (χ3n) is 3.66. The molecule has 7 heteroatoms. The molecule has 2 heterocycles. The first-order valence-electron chi connectivity index (χ1n) is 6.59. The molecule has 1 unspecified atom stereocenters. The molecule has 1 aromatic carbocycles. The molecular weight excluding hydrogens is 298 g/mol. The molecule has 0 N–H and O–H groups in total. The molecule has 2 aliphatic heterocycles. The molecule has 6 nitrogen and oxygen atoms in total. The van der Waals surface area contributed by atoms with Crippen LogP contribution in [0.25, 0.3) is 0 Å². The van der Waals surface area contributed by atoms with Gasteiger partial charge in [0.25, 0.3) is 5.91 Å². The molecule has 0 bridgehead atoms. The van der Waals surface area contributed by atoms with E-state index < -0.39 is 12.0 Å². The third-order valence-corrected chi connectivity index (χ3v) is 3.94. The largest absolute Gasteiger partial charge is 0.467 e. The Kier molecular flexibility index (Phi) is 3.63. The van der Waals surface area contributed by atoms with E-state index in [1.807, 2.05) is 0 Å². The number of methoxy groups -OCH3 is 1. The summed E-state index contributed by atoms with van der Waals surface area (Å²) in [4.78, 5) is 25.8. The van der Waals surface area contributed by atoms with Gasteiger partial charge in [-0.25, -0.2) is 4.79 Å². The minimum Gasteiger partial charge on any atom is -0.467 e. The second kappa shape index (κ2) is 5.44. The van der Waals surface area contributed by atoms with Crippen molar-refractivity contribution in [3.63, 3.8) is 0 Å². The van der Waals surface area contributed by atoms with E-state index >= 15 is 0 Å². The maximum Gasteiger partial charge on any atom is 0.328 e. The third kappa shape index (κ3) is 2.40. The quantitative estimate of drug-likeness (QED) is 0.780. The highest BCUT2D eigenvalue weighted by Crippen LogP contribution is 2.40. The Bertz CT molecular complexity index is 603. The summed E-state index contributed by atoms with van der Waals surface area (Å²) in [6.45, 7) is 0.603. The summed E-state index contributed by atoms with van der Waals surface area (Å²) in [5.41, 5.74) is 0.375. The summed E-state index contributed by atoms with van der Waals surface area (Å²) >= 11 is 6.08. The van der Waals surface area contributed by atoms with Crippen molar-refractivity contribution in [1.29, 1.82) is 0 Å². The predicted molar refractivity (Wildman–Crippen MR) is 73.6 cm³/mol. The fourth-order valence-corrected chi connectivity index (χ4v) is 2.91. The lowest BCUT2D eigenvalue weighted by molar-refractivity contribution is -0.145. The summed E-state index contributed by atoms with van der Waals surface area (Å²) in [6, 6.07) is 2.58. The van der Waals surface area contributed by atoms with Crippen molar-refractivity contribution >= 4 is 23.5 Å². The van der Waals surface area contributed by atoms with Crippen molar-refractivity contribution in [2.45, 2.75) is 18.9 Å². The van der Waals surface area contributed by atoms with E-state index in [2.05, 4.69) is 0 Å². The van der Waals surface area contributed by atoms with E-state index in [0.29, 0.717) is 35.1 Å². The summed E-state index contributed by atoms with van der Waals surface area (Å²) < 4.78 is 15.2. The van der Waals surface area contributed by atoms with Gasteiger partial charge in [-0.2, -0.15) is 0 Å². The maximum atomic E-state index is 12.6. The number of amides is 1. The summed E-state index contributed by atoms with van der Waals surface area (Å²) in [7, 11) is 1.32. The number of carbonyl (C=O) groups excluding carboxylic acids is 2. The number of esters is 1. The predicted octanol–water partition coefficient (Wildman–Crippen LogP) is 1.85. The number of ether oxygens (including phenoxy) is 3. The van der Waals surface area contributed by atoms with Crippen molar-refractivity contribution in [2.24, 2.45) is 0 Å². The maximum absolute atomic E-state index is 12.6. The Morgan fingerprint density at radius 3 is 2.95 bits per heavy atom. The molecule has 1 atom stereocenters. The molecule has 1 aromatic rings.